The van der Waals surface area contributed by atoms with Crippen LogP contribution in [0, 0.1) is 5.92 Å². The van der Waals surface area contributed by atoms with Gasteiger partial charge in [0, 0.05) is 12.1 Å². The van der Waals surface area contributed by atoms with Gasteiger partial charge in [0.2, 0.25) is 5.91 Å². The minimum absolute atomic E-state index is 0.0377. The standard InChI is InChI=1S/C12H26N2O2/c1-9(2)6-10(15)7-13-8-11(16)14-12(3,4)5/h9-10,13,15H,6-8H2,1-5H3,(H,14,16). The van der Waals surface area contributed by atoms with Crippen molar-refractivity contribution in [1.29, 1.82) is 0 Å². The molecule has 3 N–H and O–H groups in total. The van der Waals surface area contributed by atoms with Gasteiger partial charge in [0.1, 0.15) is 0 Å². The molecular formula is C12H26N2O2. The van der Waals surface area contributed by atoms with Gasteiger partial charge in [-0.3, -0.25) is 4.79 Å². The molecular weight excluding hydrogens is 204 g/mol. The molecule has 0 rings (SSSR count). The summed E-state index contributed by atoms with van der Waals surface area (Å²) >= 11 is 0. The Labute approximate surface area is 98.8 Å². The summed E-state index contributed by atoms with van der Waals surface area (Å²) in [4.78, 5) is 11.4. The van der Waals surface area contributed by atoms with Gasteiger partial charge in [0.05, 0.1) is 12.6 Å². The molecule has 4 nitrogen and oxygen atoms in total. The Morgan fingerprint density at radius 1 is 1.31 bits per heavy atom. The van der Waals surface area contributed by atoms with Crippen LogP contribution in [0.3, 0.4) is 0 Å². The first kappa shape index (κ1) is 15.4. The molecule has 1 atom stereocenters. The maximum atomic E-state index is 11.4. The van der Waals surface area contributed by atoms with Crippen LogP contribution in [0.15, 0.2) is 0 Å². The first-order valence-corrected chi connectivity index (χ1v) is 5.90. The topological polar surface area (TPSA) is 61.4 Å². The Bertz CT molecular complexity index is 210. The molecule has 0 saturated carbocycles. The molecule has 0 aromatic heterocycles. The van der Waals surface area contributed by atoms with Crippen LogP contribution in [0.2, 0.25) is 0 Å². The number of carbonyl (C=O) groups is 1. The van der Waals surface area contributed by atoms with E-state index in [9.17, 15) is 9.90 Å². The number of aliphatic hydroxyl groups is 1. The monoisotopic (exact) mass is 230 g/mol. The minimum atomic E-state index is -0.373. The Hall–Kier alpha value is -0.610. The average molecular weight is 230 g/mol. The van der Waals surface area contributed by atoms with Crippen LogP contribution in [0.1, 0.15) is 41.0 Å². The van der Waals surface area contributed by atoms with Crippen LogP contribution in [-0.2, 0) is 4.79 Å². The van der Waals surface area contributed by atoms with Crippen molar-refractivity contribution in [2.24, 2.45) is 5.92 Å². The van der Waals surface area contributed by atoms with Gasteiger partial charge in [0.15, 0.2) is 0 Å². The third-order valence-electron chi connectivity index (χ3n) is 1.92. The maximum Gasteiger partial charge on any atom is 0.234 e. The molecule has 4 heteroatoms. The van der Waals surface area contributed by atoms with Crippen molar-refractivity contribution < 1.29 is 9.90 Å². The van der Waals surface area contributed by atoms with E-state index in [4.69, 9.17) is 0 Å². The predicted molar refractivity (Wildman–Crippen MR) is 66.2 cm³/mol. The van der Waals surface area contributed by atoms with Gasteiger partial charge in [0.25, 0.3) is 0 Å². The van der Waals surface area contributed by atoms with Crippen molar-refractivity contribution in [1.82, 2.24) is 10.6 Å². The minimum Gasteiger partial charge on any atom is -0.392 e. The second-order valence-corrected chi connectivity index (χ2v) is 5.71. The molecule has 16 heavy (non-hydrogen) atoms. The summed E-state index contributed by atoms with van der Waals surface area (Å²) in [6.45, 7) is 10.7. The normalized spacial score (nSPS) is 13.9. The molecule has 1 unspecified atom stereocenters. The molecule has 0 aliphatic rings. The van der Waals surface area contributed by atoms with Crippen LogP contribution in [0.5, 0.6) is 0 Å². The number of hydrogen-bond acceptors (Lipinski definition) is 3. The molecule has 0 spiro atoms. The predicted octanol–water partition coefficient (Wildman–Crippen LogP) is 0.898. The molecule has 0 aromatic carbocycles. The van der Waals surface area contributed by atoms with Crippen molar-refractivity contribution in [3.8, 4) is 0 Å². The highest BCUT2D eigenvalue weighted by molar-refractivity contribution is 5.78. The molecule has 0 saturated heterocycles. The second-order valence-electron chi connectivity index (χ2n) is 5.71. The van der Waals surface area contributed by atoms with Crippen LogP contribution >= 0.6 is 0 Å². The number of nitrogens with one attached hydrogen (secondary N) is 2. The van der Waals surface area contributed by atoms with E-state index in [-0.39, 0.29) is 24.1 Å². The number of rotatable bonds is 6. The zero-order valence-electron chi connectivity index (χ0n) is 11.1. The first-order chi connectivity index (χ1) is 7.20. The van der Waals surface area contributed by atoms with Crippen LogP contribution in [-0.4, -0.2) is 35.7 Å². The molecule has 0 bridgehead atoms. The lowest BCUT2D eigenvalue weighted by Gasteiger charge is -2.21. The van der Waals surface area contributed by atoms with E-state index in [1.54, 1.807) is 0 Å². The average Bonchev–Trinajstić information content (AvgIpc) is 1.98. The van der Waals surface area contributed by atoms with E-state index in [0.717, 1.165) is 6.42 Å². The summed E-state index contributed by atoms with van der Waals surface area (Å²) in [5.41, 5.74) is -0.199. The van der Waals surface area contributed by atoms with Crippen molar-refractivity contribution in [2.75, 3.05) is 13.1 Å². The fraction of sp³-hybridized carbons (Fsp3) is 0.917. The molecule has 0 heterocycles. The van der Waals surface area contributed by atoms with Crippen molar-refractivity contribution in [3.63, 3.8) is 0 Å². The Morgan fingerprint density at radius 2 is 1.88 bits per heavy atom. The molecule has 0 aromatic rings. The fourth-order valence-electron chi connectivity index (χ4n) is 1.44. The number of carbonyl (C=O) groups excluding carboxylic acids is 1. The van der Waals surface area contributed by atoms with E-state index in [1.807, 2.05) is 20.8 Å². The van der Waals surface area contributed by atoms with Crippen LogP contribution in [0.25, 0.3) is 0 Å². The van der Waals surface area contributed by atoms with E-state index < -0.39 is 0 Å². The summed E-state index contributed by atoms with van der Waals surface area (Å²) in [7, 11) is 0. The highest BCUT2D eigenvalue weighted by Gasteiger charge is 2.13. The molecule has 1 amide bonds. The quantitative estimate of drug-likeness (QED) is 0.635. The highest BCUT2D eigenvalue weighted by atomic mass is 16.3. The zero-order valence-corrected chi connectivity index (χ0v) is 11.1. The number of amides is 1. The Morgan fingerprint density at radius 3 is 2.31 bits per heavy atom. The lowest BCUT2D eigenvalue weighted by molar-refractivity contribution is -0.121. The molecule has 0 aliphatic carbocycles. The van der Waals surface area contributed by atoms with Crippen molar-refractivity contribution >= 4 is 5.91 Å². The largest absolute Gasteiger partial charge is 0.392 e. The van der Waals surface area contributed by atoms with Crippen molar-refractivity contribution in [3.05, 3.63) is 0 Å². The molecule has 96 valence electrons. The first-order valence-electron chi connectivity index (χ1n) is 5.90. The summed E-state index contributed by atoms with van der Waals surface area (Å²) < 4.78 is 0. The summed E-state index contributed by atoms with van der Waals surface area (Å²) in [5.74, 6) is 0.435. The SMILES string of the molecule is CC(C)CC(O)CNCC(=O)NC(C)(C)C. The summed E-state index contributed by atoms with van der Waals surface area (Å²) in [5, 5.41) is 15.4. The third kappa shape index (κ3) is 9.93. The summed E-state index contributed by atoms with van der Waals surface area (Å²) in [6.07, 6.45) is 0.385. The van der Waals surface area contributed by atoms with Gasteiger partial charge in [-0.05, 0) is 33.1 Å². The van der Waals surface area contributed by atoms with E-state index in [0.29, 0.717) is 12.5 Å². The second kappa shape index (κ2) is 6.86. The summed E-state index contributed by atoms with van der Waals surface area (Å²) in [6, 6.07) is 0. The Kier molecular flexibility index (Phi) is 6.60. The van der Waals surface area contributed by atoms with Crippen LogP contribution in [0.4, 0.5) is 0 Å². The lowest BCUT2D eigenvalue weighted by Crippen LogP contribution is -2.45. The third-order valence-corrected chi connectivity index (χ3v) is 1.92. The van der Waals surface area contributed by atoms with E-state index in [1.165, 1.54) is 0 Å². The van der Waals surface area contributed by atoms with E-state index >= 15 is 0 Å². The van der Waals surface area contributed by atoms with E-state index in [2.05, 4.69) is 24.5 Å². The van der Waals surface area contributed by atoms with Gasteiger partial charge in [-0.1, -0.05) is 13.8 Å². The van der Waals surface area contributed by atoms with Gasteiger partial charge < -0.3 is 15.7 Å². The van der Waals surface area contributed by atoms with Crippen LogP contribution < -0.4 is 10.6 Å². The molecule has 0 fully saturated rings. The molecule has 0 aliphatic heterocycles. The van der Waals surface area contributed by atoms with Crippen molar-refractivity contribution in [2.45, 2.75) is 52.7 Å². The number of aliphatic hydroxyl groups excluding tert-OH is 1. The van der Waals surface area contributed by atoms with Gasteiger partial charge >= 0.3 is 0 Å². The highest BCUT2D eigenvalue weighted by Crippen LogP contribution is 2.03. The number of hydrogen-bond donors (Lipinski definition) is 3. The van der Waals surface area contributed by atoms with Gasteiger partial charge in [-0.15, -0.1) is 0 Å². The van der Waals surface area contributed by atoms with Gasteiger partial charge in [-0.2, -0.15) is 0 Å². The zero-order chi connectivity index (χ0) is 12.8. The molecule has 0 radical (unpaired) electrons. The lowest BCUT2D eigenvalue weighted by atomic mass is 10.1. The maximum absolute atomic E-state index is 11.4. The Balaban J connectivity index is 3.62. The fourth-order valence-corrected chi connectivity index (χ4v) is 1.44. The smallest absolute Gasteiger partial charge is 0.234 e. The van der Waals surface area contributed by atoms with Gasteiger partial charge in [-0.25, -0.2) is 0 Å².